The fourth-order valence-electron chi connectivity index (χ4n) is 2.70. The van der Waals surface area contributed by atoms with Gasteiger partial charge in [-0.2, -0.15) is 5.10 Å². The second-order valence-corrected chi connectivity index (χ2v) is 5.80. The molecule has 0 aliphatic heterocycles. The summed E-state index contributed by atoms with van der Waals surface area (Å²) in [7, 11) is 2.04. The summed E-state index contributed by atoms with van der Waals surface area (Å²) in [5.41, 5.74) is 1.32. The maximum atomic E-state index is 4.30. The molecule has 3 nitrogen and oxygen atoms in total. The zero-order valence-electron chi connectivity index (χ0n) is 13.7. The van der Waals surface area contributed by atoms with Gasteiger partial charge in [0.25, 0.3) is 0 Å². The van der Waals surface area contributed by atoms with Gasteiger partial charge in [-0.15, -0.1) is 0 Å². The van der Waals surface area contributed by atoms with Crippen LogP contribution >= 0.6 is 0 Å². The first-order valence-corrected chi connectivity index (χ1v) is 8.50. The lowest BCUT2D eigenvalue weighted by atomic mass is 10.0. The molecule has 0 amide bonds. The van der Waals surface area contributed by atoms with Crippen LogP contribution in [0.25, 0.3) is 0 Å². The van der Waals surface area contributed by atoms with Gasteiger partial charge in [-0.1, -0.05) is 58.8 Å². The third-order valence-corrected chi connectivity index (χ3v) is 3.95. The molecule has 0 saturated carbocycles. The highest BCUT2D eigenvalue weighted by molar-refractivity contribution is 5.06. The Hall–Kier alpha value is -0.830. The number of hydrogen-bond acceptors (Lipinski definition) is 2. The molecular formula is C17H33N3. The molecule has 0 saturated heterocycles. The van der Waals surface area contributed by atoms with Crippen molar-refractivity contribution in [1.29, 1.82) is 0 Å². The predicted octanol–water partition coefficient (Wildman–Crippen LogP) is 4.60. The first-order chi connectivity index (χ1) is 9.79. The van der Waals surface area contributed by atoms with Crippen LogP contribution in [0.4, 0.5) is 0 Å². The van der Waals surface area contributed by atoms with Gasteiger partial charge in [-0.3, -0.25) is 4.68 Å². The molecule has 1 unspecified atom stereocenters. The van der Waals surface area contributed by atoms with Crippen LogP contribution in [0.15, 0.2) is 12.3 Å². The highest BCUT2D eigenvalue weighted by Gasteiger charge is 2.13. The maximum absolute atomic E-state index is 4.30. The Morgan fingerprint density at radius 3 is 2.35 bits per heavy atom. The van der Waals surface area contributed by atoms with E-state index >= 15 is 0 Å². The van der Waals surface area contributed by atoms with Crippen molar-refractivity contribution in [3.63, 3.8) is 0 Å². The SMILES string of the molecule is CCCCCCCCCC(NCCC)c1ccnn1C. The molecule has 0 aliphatic rings. The summed E-state index contributed by atoms with van der Waals surface area (Å²) in [4.78, 5) is 0. The Labute approximate surface area is 125 Å². The van der Waals surface area contributed by atoms with Gasteiger partial charge < -0.3 is 5.32 Å². The number of nitrogens with one attached hydrogen (secondary N) is 1. The Morgan fingerprint density at radius 1 is 1.05 bits per heavy atom. The summed E-state index contributed by atoms with van der Waals surface area (Å²) >= 11 is 0. The zero-order valence-corrected chi connectivity index (χ0v) is 13.7. The number of nitrogens with zero attached hydrogens (tertiary/aromatic N) is 2. The first-order valence-electron chi connectivity index (χ1n) is 8.50. The maximum Gasteiger partial charge on any atom is 0.0550 e. The summed E-state index contributed by atoms with van der Waals surface area (Å²) in [5, 5.41) is 7.96. The third kappa shape index (κ3) is 6.56. The molecule has 0 aromatic carbocycles. The molecule has 0 aliphatic carbocycles. The van der Waals surface area contributed by atoms with E-state index in [4.69, 9.17) is 0 Å². The summed E-state index contributed by atoms with van der Waals surface area (Å²) in [6.07, 6.45) is 14.0. The molecule has 1 aromatic rings. The molecule has 1 N–H and O–H groups in total. The van der Waals surface area contributed by atoms with Gasteiger partial charge >= 0.3 is 0 Å². The minimum Gasteiger partial charge on any atom is -0.309 e. The van der Waals surface area contributed by atoms with E-state index in [1.165, 1.54) is 63.5 Å². The van der Waals surface area contributed by atoms with Crippen molar-refractivity contribution in [3.8, 4) is 0 Å². The van der Waals surface area contributed by atoms with E-state index in [1.807, 2.05) is 17.9 Å². The second-order valence-electron chi connectivity index (χ2n) is 5.80. The fourth-order valence-corrected chi connectivity index (χ4v) is 2.70. The normalized spacial score (nSPS) is 12.8. The smallest absolute Gasteiger partial charge is 0.0550 e. The molecule has 0 fully saturated rings. The molecular weight excluding hydrogens is 246 g/mol. The van der Waals surface area contributed by atoms with Crippen LogP contribution in [-0.4, -0.2) is 16.3 Å². The van der Waals surface area contributed by atoms with Gasteiger partial charge in [0.1, 0.15) is 0 Å². The zero-order chi connectivity index (χ0) is 14.6. The highest BCUT2D eigenvalue weighted by Crippen LogP contribution is 2.20. The van der Waals surface area contributed by atoms with Crippen LogP contribution in [-0.2, 0) is 7.05 Å². The van der Waals surface area contributed by atoms with Crippen LogP contribution in [0, 0.1) is 0 Å². The summed E-state index contributed by atoms with van der Waals surface area (Å²) in [6, 6.07) is 2.62. The lowest BCUT2D eigenvalue weighted by molar-refractivity contribution is 0.442. The third-order valence-electron chi connectivity index (χ3n) is 3.95. The van der Waals surface area contributed by atoms with E-state index in [-0.39, 0.29) is 0 Å². The van der Waals surface area contributed by atoms with Crippen molar-refractivity contribution in [1.82, 2.24) is 15.1 Å². The number of hydrogen-bond donors (Lipinski definition) is 1. The molecule has 0 bridgehead atoms. The number of unbranched alkanes of at least 4 members (excludes halogenated alkanes) is 6. The van der Waals surface area contributed by atoms with E-state index in [9.17, 15) is 0 Å². The van der Waals surface area contributed by atoms with Crippen molar-refractivity contribution >= 4 is 0 Å². The lowest BCUT2D eigenvalue weighted by Crippen LogP contribution is -2.24. The van der Waals surface area contributed by atoms with Crippen LogP contribution < -0.4 is 5.32 Å². The first kappa shape index (κ1) is 17.2. The highest BCUT2D eigenvalue weighted by atomic mass is 15.3. The monoisotopic (exact) mass is 279 g/mol. The molecule has 20 heavy (non-hydrogen) atoms. The quantitative estimate of drug-likeness (QED) is 0.567. The molecule has 116 valence electrons. The fraction of sp³-hybridized carbons (Fsp3) is 0.824. The van der Waals surface area contributed by atoms with Crippen molar-refractivity contribution in [3.05, 3.63) is 18.0 Å². The van der Waals surface area contributed by atoms with Gasteiger partial charge in [0, 0.05) is 19.3 Å². The number of aryl methyl sites for hydroxylation is 1. The second kappa shape index (κ2) is 10.9. The van der Waals surface area contributed by atoms with E-state index in [2.05, 4.69) is 30.3 Å². The summed E-state index contributed by atoms with van der Waals surface area (Å²) < 4.78 is 2.01. The van der Waals surface area contributed by atoms with Crippen LogP contribution in [0.2, 0.25) is 0 Å². The number of rotatable bonds is 12. The average molecular weight is 279 g/mol. The summed E-state index contributed by atoms with van der Waals surface area (Å²) in [5.74, 6) is 0. The molecule has 1 atom stereocenters. The van der Waals surface area contributed by atoms with Crippen LogP contribution in [0.5, 0.6) is 0 Å². The van der Waals surface area contributed by atoms with Crippen molar-refractivity contribution in [2.75, 3.05) is 6.54 Å². The largest absolute Gasteiger partial charge is 0.309 e. The van der Waals surface area contributed by atoms with Gasteiger partial charge in [0.2, 0.25) is 0 Å². The molecule has 1 rings (SSSR count). The Kier molecular flexibility index (Phi) is 9.38. The Bertz CT molecular complexity index is 333. The van der Waals surface area contributed by atoms with Crippen LogP contribution in [0.3, 0.4) is 0 Å². The average Bonchev–Trinajstić information content (AvgIpc) is 2.87. The van der Waals surface area contributed by atoms with Crippen molar-refractivity contribution in [2.24, 2.45) is 7.05 Å². The van der Waals surface area contributed by atoms with E-state index in [1.54, 1.807) is 0 Å². The molecule has 1 aromatic heterocycles. The van der Waals surface area contributed by atoms with Crippen molar-refractivity contribution < 1.29 is 0 Å². The topological polar surface area (TPSA) is 29.9 Å². The van der Waals surface area contributed by atoms with E-state index in [0.29, 0.717) is 6.04 Å². The van der Waals surface area contributed by atoms with Gasteiger partial charge in [0.05, 0.1) is 5.69 Å². The Balaban J connectivity index is 2.26. The van der Waals surface area contributed by atoms with E-state index < -0.39 is 0 Å². The van der Waals surface area contributed by atoms with Crippen LogP contribution in [0.1, 0.15) is 83.4 Å². The molecule has 0 radical (unpaired) electrons. The Morgan fingerprint density at radius 2 is 1.75 bits per heavy atom. The minimum atomic E-state index is 0.470. The van der Waals surface area contributed by atoms with Gasteiger partial charge in [-0.05, 0) is 25.5 Å². The minimum absolute atomic E-state index is 0.470. The van der Waals surface area contributed by atoms with E-state index in [0.717, 1.165) is 6.54 Å². The van der Waals surface area contributed by atoms with Crippen molar-refractivity contribution in [2.45, 2.75) is 77.7 Å². The standard InChI is InChI=1S/C17H33N3/c1-4-6-7-8-9-10-11-12-16(18-14-5-2)17-13-15-19-20(17)3/h13,15-16,18H,4-12,14H2,1-3H3. The summed E-state index contributed by atoms with van der Waals surface area (Å²) in [6.45, 7) is 5.59. The van der Waals surface area contributed by atoms with Gasteiger partial charge in [0.15, 0.2) is 0 Å². The van der Waals surface area contributed by atoms with Gasteiger partial charge in [-0.25, -0.2) is 0 Å². The molecule has 1 heterocycles. The lowest BCUT2D eigenvalue weighted by Gasteiger charge is -2.18. The number of aromatic nitrogens is 2. The molecule has 3 heteroatoms. The predicted molar refractivity (Wildman–Crippen MR) is 86.9 cm³/mol. The molecule has 0 spiro atoms.